The normalized spacial score (nSPS) is 14.8. The molecule has 1 aliphatic rings. The Labute approximate surface area is 189 Å². The Morgan fingerprint density at radius 3 is 2.66 bits per heavy atom. The molecule has 6 nitrogen and oxygen atoms in total. The number of amides is 1. The van der Waals surface area contributed by atoms with E-state index >= 15 is 0 Å². The Morgan fingerprint density at radius 2 is 2.00 bits per heavy atom. The van der Waals surface area contributed by atoms with Crippen molar-refractivity contribution in [1.29, 1.82) is 0 Å². The summed E-state index contributed by atoms with van der Waals surface area (Å²) in [6.45, 7) is 2.08. The van der Waals surface area contributed by atoms with E-state index < -0.39 is 5.97 Å². The molecule has 7 heteroatoms. The fourth-order valence-electron chi connectivity index (χ4n) is 3.84. The Hall–Kier alpha value is -3.76. The molecule has 2 heterocycles. The molecule has 1 atom stereocenters. The monoisotopic (exact) mass is 447 g/mol. The van der Waals surface area contributed by atoms with Gasteiger partial charge in [0.1, 0.15) is 11.5 Å². The van der Waals surface area contributed by atoms with Gasteiger partial charge in [0.2, 0.25) is 5.91 Å². The van der Waals surface area contributed by atoms with Gasteiger partial charge in [0.25, 0.3) is 0 Å². The van der Waals surface area contributed by atoms with Crippen molar-refractivity contribution in [3.05, 3.63) is 63.3 Å². The predicted molar refractivity (Wildman–Crippen MR) is 124 cm³/mol. The van der Waals surface area contributed by atoms with Gasteiger partial charge in [-0.3, -0.25) is 4.79 Å². The number of carboxylic acids is 1. The molecule has 0 bridgehead atoms. The molecule has 3 aromatic rings. The first-order valence-corrected chi connectivity index (χ1v) is 10.8. The summed E-state index contributed by atoms with van der Waals surface area (Å²) in [6, 6.07) is 13.0. The van der Waals surface area contributed by atoms with E-state index in [1.54, 1.807) is 6.07 Å². The fraction of sp³-hybridized carbons (Fsp3) is 0.200. The Morgan fingerprint density at radius 1 is 1.25 bits per heavy atom. The summed E-state index contributed by atoms with van der Waals surface area (Å²) in [7, 11) is 1.53. The molecule has 0 radical (unpaired) electrons. The number of hydrogen-bond donors (Lipinski definition) is 2. The van der Waals surface area contributed by atoms with Crippen LogP contribution in [0.25, 0.3) is 11.1 Å². The minimum absolute atomic E-state index is 0.110. The van der Waals surface area contributed by atoms with Gasteiger partial charge in [0, 0.05) is 22.8 Å². The van der Waals surface area contributed by atoms with Crippen molar-refractivity contribution >= 4 is 28.9 Å². The van der Waals surface area contributed by atoms with Crippen molar-refractivity contribution in [3.8, 4) is 35.0 Å². The topological polar surface area (TPSA) is 84.9 Å². The van der Waals surface area contributed by atoms with Gasteiger partial charge in [-0.15, -0.1) is 17.8 Å². The number of ether oxygens (including phenoxy) is 2. The molecule has 0 unspecified atom stereocenters. The molecule has 0 aliphatic carbocycles. The van der Waals surface area contributed by atoms with E-state index in [0.717, 1.165) is 21.6 Å². The van der Waals surface area contributed by atoms with E-state index in [1.807, 2.05) is 43.3 Å². The second-order valence-electron chi connectivity index (χ2n) is 7.42. The third-order valence-corrected chi connectivity index (χ3v) is 6.63. The third-order valence-electron chi connectivity index (χ3n) is 5.34. The summed E-state index contributed by atoms with van der Waals surface area (Å²) in [5.74, 6) is 1.92. The summed E-state index contributed by atoms with van der Waals surface area (Å²) >= 11 is 1.19. The maximum Gasteiger partial charge on any atom is 0.346 e. The minimum Gasteiger partial charge on any atom is -0.493 e. The van der Waals surface area contributed by atoms with Crippen LogP contribution in [0.15, 0.2) is 42.5 Å². The van der Waals surface area contributed by atoms with E-state index in [0.29, 0.717) is 22.7 Å². The SMILES string of the molecule is C#CCOc1ccc([C@@H]2CC(=O)Nc3c2sc(C(=O)O)c3-c2ccc(C)cc2)cc1OC. The van der Waals surface area contributed by atoms with Gasteiger partial charge < -0.3 is 19.9 Å². The molecular weight excluding hydrogens is 426 g/mol. The zero-order valence-corrected chi connectivity index (χ0v) is 18.4. The van der Waals surface area contributed by atoms with Crippen molar-refractivity contribution in [2.24, 2.45) is 0 Å². The van der Waals surface area contributed by atoms with Crippen LogP contribution in [0.4, 0.5) is 5.69 Å². The average molecular weight is 448 g/mol. The number of rotatable bonds is 6. The van der Waals surface area contributed by atoms with E-state index in [4.69, 9.17) is 15.9 Å². The lowest BCUT2D eigenvalue weighted by atomic mass is 9.88. The highest BCUT2D eigenvalue weighted by atomic mass is 32.1. The number of carboxylic acid groups (broad SMARTS) is 1. The van der Waals surface area contributed by atoms with Crippen LogP contribution in [0.2, 0.25) is 0 Å². The number of fused-ring (bicyclic) bond motifs is 1. The number of carbonyl (C=O) groups excluding carboxylic acids is 1. The molecule has 0 spiro atoms. The zero-order valence-electron chi connectivity index (χ0n) is 17.6. The van der Waals surface area contributed by atoms with Gasteiger partial charge in [-0.25, -0.2) is 4.79 Å². The number of benzene rings is 2. The van der Waals surface area contributed by atoms with Crippen molar-refractivity contribution in [1.82, 2.24) is 0 Å². The predicted octanol–water partition coefficient (Wildman–Crippen LogP) is 4.92. The Balaban J connectivity index is 1.85. The standard InChI is InChI=1S/C25H21NO5S/c1-4-11-31-18-10-9-16(12-19(18)30-3)17-13-20(27)26-22-21(15-7-5-14(2)6-8-15)24(25(28)29)32-23(17)22/h1,5-10,12,17H,11,13H2,2-3H3,(H,26,27)(H,28,29)/t17-/m0/s1. The number of aromatic carboxylic acids is 1. The zero-order chi connectivity index (χ0) is 22.8. The van der Waals surface area contributed by atoms with Gasteiger partial charge in [-0.2, -0.15) is 0 Å². The molecule has 0 saturated heterocycles. The first-order chi connectivity index (χ1) is 15.4. The highest BCUT2D eigenvalue weighted by molar-refractivity contribution is 7.15. The van der Waals surface area contributed by atoms with Crippen LogP contribution in [0.3, 0.4) is 0 Å². The largest absolute Gasteiger partial charge is 0.493 e. The minimum atomic E-state index is -1.02. The van der Waals surface area contributed by atoms with Crippen molar-refractivity contribution < 1.29 is 24.2 Å². The number of anilines is 1. The quantitative estimate of drug-likeness (QED) is 0.524. The van der Waals surface area contributed by atoms with Gasteiger partial charge in [-0.1, -0.05) is 41.8 Å². The number of methoxy groups -OCH3 is 1. The van der Waals surface area contributed by atoms with Gasteiger partial charge >= 0.3 is 5.97 Å². The first kappa shape index (κ1) is 21.5. The van der Waals surface area contributed by atoms with Crippen LogP contribution in [0.5, 0.6) is 11.5 Å². The number of thiophene rings is 1. The van der Waals surface area contributed by atoms with Crippen molar-refractivity contribution in [2.45, 2.75) is 19.3 Å². The Bertz CT molecular complexity index is 1240. The highest BCUT2D eigenvalue weighted by Crippen LogP contribution is 2.50. The number of nitrogens with one attached hydrogen (secondary N) is 1. The van der Waals surface area contributed by atoms with Gasteiger partial charge in [-0.05, 0) is 30.2 Å². The highest BCUT2D eigenvalue weighted by Gasteiger charge is 2.34. The maximum absolute atomic E-state index is 12.7. The second kappa shape index (κ2) is 8.77. The maximum atomic E-state index is 12.7. The number of terminal acetylenes is 1. The fourth-order valence-corrected chi connectivity index (χ4v) is 5.09. The number of carbonyl (C=O) groups is 2. The molecule has 2 aromatic carbocycles. The lowest BCUT2D eigenvalue weighted by molar-refractivity contribution is -0.116. The molecule has 1 aliphatic heterocycles. The molecule has 162 valence electrons. The van der Waals surface area contributed by atoms with E-state index in [9.17, 15) is 14.7 Å². The molecule has 1 aromatic heterocycles. The van der Waals surface area contributed by atoms with Crippen LogP contribution in [0, 0.1) is 19.3 Å². The van der Waals surface area contributed by atoms with E-state index in [-0.39, 0.29) is 29.7 Å². The summed E-state index contributed by atoms with van der Waals surface area (Å²) in [5.41, 5.74) is 3.75. The van der Waals surface area contributed by atoms with Crippen molar-refractivity contribution in [3.63, 3.8) is 0 Å². The smallest absolute Gasteiger partial charge is 0.346 e. The summed E-state index contributed by atoms with van der Waals surface area (Å²) in [4.78, 5) is 25.8. The van der Waals surface area contributed by atoms with Crippen LogP contribution in [0.1, 0.15) is 38.0 Å². The third kappa shape index (κ3) is 3.93. The second-order valence-corrected chi connectivity index (χ2v) is 8.48. The summed E-state index contributed by atoms with van der Waals surface area (Å²) in [5, 5.41) is 12.8. The summed E-state index contributed by atoms with van der Waals surface area (Å²) < 4.78 is 11.0. The lowest BCUT2D eigenvalue weighted by Gasteiger charge is -2.24. The summed E-state index contributed by atoms with van der Waals surface area (Å²) in [6.07, 6.45) is 5.48. The number of aryl methyl sites for hydroxylation is 1. The van der Waals surface area contributed by atoms with Crippen LogP contribution >= 0.6 is 11.3 Å². The Kier molecular flexibility index (Phi) is 5.89. The molecule has 1 amide bonds. The van der Waals surface area contributed by atoms with Crippen LogP contribution < -0.4 is 14.8 Å². The molecular formula is C25H21NO5S. The lowest BCUT2D eigenvalue weighted by Crippen LogP contribution is -2.22. The molecule has 4 rings (SSSR count). The van der Waals surface area contributed by atoms with Gasteiger partial charge in [0.15, 0.2) is 11.5 Å². The van der Waals surface area contributed by atoms with E-state index in [2.05, 4.69) is 11.2 Å². The van der Waals surface area contributed by atoms with Crippen molar-refractivity contribution in [2.75, 3.05) is 19.0 Å². The van der Waals surface area contributed by atoms with Crippen LogP contribution in [-0.4, -0.2) is 30.7 Å². The van der Waals surface area contributed by atoms with E-state index in [1.165, 1.54) is 18.4 Å². The average Bonchev–Trinajstić information content (AvgIpc) is 3.17. The van der Waals surface area contributed by atoms with Crippen LogP contribution in [-0.2, 0) is 4.79 Å². The molecule has 2 N–H and O–H groups in total. The molecule has 0 fully saturated rings. The first-order valence-electron chi connectivity index (χ1n) is 9.94. The molecule has 32 heavy (non-hydrogen) atoms. The van der Waals surface area contributed by atoms with Gasteiger partial charge in [0.05, 0.1) is 12.8 Å². The molecule has 0 saturated carbocycles. The number of hydrogen-bond acceptors (Lipinski definition) is 5.